The summed E-state index contributed by atoms with van der Waals surface area (Å²) in [7, 11) is -0.980. The van der Waals surface area contributed by atoms with Crippen LogP contribution in [0.4, 0.5) is 0 Å². The molecule has 1 aromatic carbocycles. The molecule has 0 saturated carbocycles. The molecule has 6 heteroatoms. The maximum atomic E-state index is 12.3. The Labute approximate surface area is 144 Å². The molecule has 1 atom stereocenters. The molecule has 3 rings (SSSR count). The quantitative estimate of drug-likeness (QED) is 0.832. The molecule has 1 aromatic heterocycles. The highest BCUT2D eigenvalue weighted by molar-refractivity contribution is 7.85. The molecule has 2 aromatic rings. The van der Waals surface area contributed by atoms with E-state index in [2.05, 4.69) is 10.00 Å². The summed E-state index contributed by atoms with van der Waals surface area (Å²) >= 11 is 0. The fourth-order valence-corrected chi connectivity index (χ4v) is 4.06. The van der Waals surface area contributed by atoms with Gasteiger partial charge in [0.2, 0.25) is 0 Å². The topological polar surface area (TPSA) is 55.2 Å². The molecule has 5 nitrogen and oxygen atoms in total. The van der Waals surface area contributed by atoms with Crippen molar-refractivity contribution < 1.29 is 4.21 Å². The molecule has 2 heterocycles. The van der Waals surface area contributed by atoms with Crippen LogP contribution in [0.15, 0.2) is 46.1 Å². The summed E-state index contributed by atoms with van der Waals surface area (Å²) in [5, 5.41) is 4.51. The van der Waals surface area contributed by atoms with Gasteiger partial charge in [-0.05, 0) is 31.5 Å². The number of rotatable bonds is 5. The Kier molecular flexibility index (Phi) is 5.26. The van der Waals surface area contributed by atoms with Crippen molar-refractivity contribution in [1.29, 1.82) is 0 Å². The Hall–Kier alpha value is -1.79. The van der Waals surface area contributed by atoms with E-state index in [0.29, 0.717) is 12.3 Å². The number of aromatic nitrogens is 2. The van der Waals surface area contributed by atoms with Gasteiger partial charge in [-0.25, -0.2) is 4.68 Å². The third kappa shape index (κ3) is 3.82. The number of fused-ring (bicyclic) bond motifs is 1. The van der Waals surface area contributed by atoms with Gasteiger partial charge >= 0.3 is 0 Å². The Morgan fingerprint density at radius 2 is 2.00 bits per heavy atom. The zero-order valence-corrected chi connectivity index (χ0v) is 15.0. The van der Waals surface area contributed by atoms with E-state index in [4.69, 9.17) is 0 Å². The summed E-state index contributed by atoms with van der Waals surface area (Å²) in [5.74, 6) is 0.607. The van der Waals surface area contributed by atoms with Crippen molar-refractivity contribution in [2.75, 3.05) is 18.8 Å². The average Bonchev–Trinajstić information content (AvgIpc) is 2.59. The van der Waals surface area contributed by atoms with Gasteiger partial charge in [-0.2, -0.15) is 5.10 Å². The first kappa shape index (κ1) is 17.0. The zero-order valence-electron chi connectivity index (χ0n) is 14.1. The smallest absolute Gasteiger partial charge is 0.267 e. The maximum absolute atomic E-state index is 12.3. The number of nitrogens with zero attached hydrogens (tertiary/aromatic N) is 3. The van der Waals surface area contributed by atoms with Crippen LogP contribution in [-0.4, -0.2) is 37.7 Å². The Morgan fingerprint density at radius 1 is 1.25 bits per heavy atom. The van der Waals surface area contributed by atoms with Crippen molar-refractivity contribution in [3.8, 4) is 0 Å². The van der Waals surface area contributed by atoms with Gasteiger partial charge in [0.25, 0.3) is 5.56 Å². The highest BCUT2D eigenvalue weighted by atomic mass is 32.2. The molecular formula is C18H23N3O2S. The van der Waals surface area contributed by atoms with E-state index in [1.807, 2.05) is 44.2 Å². The Morgan fingerprint density at radius 3 is 2.71 bits per heavy atom. The molecule has 0 saturated heterocycles. The second-order valence-electron chi connectivity index (χ2n) is 6.38. The standard InChI is InChI=1S/C18H23N3O2S/c1-14(2)21-18(22)12-15-13-20(9-8-17(15)19-21)10-11-24(23)16-6-4-3-5-7-16/h3-7,12,14H,8-11,13H2,1-2H3/t24-/m0/s1. The van der Waals surface area contributed by atoms with E-state index in [1.54, 1.807) is 10.7 Å². The van der Waals surface area contributed by atoms with E-state index < -0.39 is 10.8 Å². The molecule has 128 valence electrons. The lowest BCUT2D eigenvalue weighted by Crippen LogP contribution is -2.37. The minimum absolute atomic E-state index is 0.0431. The molecule has 24 heavy (non-hydrogen) atoms. The van der Waals surface area contributed by atoms with Crippen molar-refractivity contribution in [2.24, 2.45) is 0 Å². The highest BCUT2D eigenvalue weighted by Crippen LogP contribution is 2.16. The molecule has 1 aliphatic heterocycles. The molecule has 0 spiro atoms. The van der Waals surface area contributed by atoms with Crippen LogP contribution in [0.5, 0.6) is 0 Å². The first-order valence-corrected chi connectivity index (χ1v) is 9.64. The minimum atomic E-state index is -0.980. The van der Waals surface area contributed by atoms with Crippen LogP contribution >= 0.6 is 0 Å². The maximum Gasteiger partial charge on any atom is 0.267 e. The lowest BCUT2D eigenvalue weighted by molar-refractivity contribution is 0.263. The van der Waals surface area contributed by atoms with Crippen molar-refractivity contribution in [3.63, 3.8) is 0 Å². The van der Waals surface area contributed by atoms with Crippen LogP contribution in [0.3, 0.4) is 0 Å². The molecule has 0 unspecified atom stereocenters. The monoisotopic (exact) mass is 345 g/mol. The summed E-state index contributed by atoms with van der Waals surface area (Å²) in [6.07, 6.45) is 0.834. The molecule has 0 bridgehead atoms. The fraction of sp³-hybridized carbons (Fsp3) is 0.444. The molecular weight excluding hydrogens is 322 g/mol. The van der Waals surface area contributed by atoms with Gasteiger partial charge in [-0.15, -0.1) is 0 Å². The third-order valence-corrected chi connectivity index (χ3v) is 5.62. The first-order valence-electron chi connectivity index (χ1n) is 8.32. The zero-order chi connectivity index (χ0) is 17.1. The van der Waals surface area contributed by atoms with E-state index in [9.17, 15) is 9.00 Å². The average molecular weight is 345 g/mol. The summed E-state index contributed by atoms with van der Waals surface area (Å²) in [6.45, 7) is 6.29. The van der Waals surface area contributed by atoms with Crippen molar-refractivity contribution in [1.82, 2.24) is 14.7 Å². The predicted octanol–water partition coefficient (Wildman–Crippen LogP) is 1.99. The molecule has 0 radical (unpaired) electrons. The van der Waals surface area contributed by atoms with Crippen LogP contribution in [0.2, 0.25) is 0 Å². The minimum Gasteiger partial charge on any atom is -0.298 e. The van der Waals surface area contributed by atoms with Gasteiger partial charge in [0, 0.05) is 42.8 Å². The second kappa shape index (κ2) is 7.40. The number of hydrogen-bond acceptors (Lipinski definition) is 4. The van der Waals surface area contributed by atoms with E-state index in [1.165, 1.54) is 0 Å². The summed E-state index contributed by atoms with van der Waals surface area (Å²) in [4.78, 5) is 15.2. The van der Waals surface area contributed by atoms with Crippen LogP contribution < -0.4 is 5.56 Å². The van der Waals surface area contributed by atoms with E-state index in [-0.39, 0.29) is 11.6 Å². The number of hydrogen-bond donors (Lipinski definition) is 0. The molecule has 0 amide bonds. The summed E-state index contributed by atoms with van der Waals surface area (Å²) < 4.78 is 13.9. The third-order valence-electron chi connectivity index (χ3n) is 4.27. The van der Waals surface area contributed by atoms with Crippen LogP contribution in [0.1, 0.15) is 31.1 Å². The van der Waals surface area contributed by atoms with Crippen molar-refractivity contribution in [2.45, 2.75) is 37.8 Å². The SMILES string of the molecule is CC(C)n1nc2c(cc1=O)CN(CC[S@](=O)c1ccccc1)CC2. The van der Waals surface area contributed by atoms with Crippen molar-refractivity contribution >= 4 is 10.8 Å². The highest BCUT2D eigenvalue weighted by Gasteiger charge is 2.20. The van der Waals surface area contributed by atoms with Crippen LogP contribution in [0.25, 0.3) is 0 Å². The van der Waals surface area contributed by atoms with Gasteiger partial charge in [0.15, 0.2) is 0 Å². The lowest BCUT2D eigenvalue weighted by atomic mass is 10.1. The largest absolute Gasteiger partial charge is 0.298 e. The fourth-order valence-electron chi connectivity index (χ4n) is 2.94. The lowest BCUT2D eigenvalue weighted by Gasteiger charge is -2.28. The van der Waals surface area contributed by atoms with Gasteiger partial charge in [0.05, 0.1) is 22.5 Å². The molecule has 1 aliphatic rings. The predicted molar refractivity (Wildman–Crippen MR) is 95.6 cm³/mol. The molecule has 0 N–H and O–H groups in total. The van der Waals surface area contributed by atoms with Gasteiger partial charge in [0.1, 0.15) is 0 Å². The van der Waals surface area contributed by atoms with Gasteiger partial charge in [-0.1, -0.05) is 18.2 Å². The van der Waals surface area contributed by atoms with Gasteiger partial charge in [-0.3, -0.25) is 13.9 Å². The van der Waals surface area contributed by atoms with E-state index >= 15 is 0 Å². The van der Waals surface area contributed by atoms with Gasteiger partial charge < -0.3 is 0 Å². The van der Waals surface area contributed by atoms with E-state index in [0.717, 1.165) is 35.7 Å². The van der Waals surface area contributed by atoms with Crippen molar-refractivity contribution in [3.05, 3.63) is 58.0 Å². The van der Waals surface area contributed by atoms with Crippen LogP contribution in [0, 0.1) is 0 Å². The first-order chi connectivity index (χ1) is 11.5. The molecule has 0 aliphatic carbocycles. The van der Waals surface area contributed by atoms with Crippen LogP contribution in [-0.2, 0) is 23.8 Å². The Bertz CT molecular complexity index is 787. The Balaban J connectivity index is 1.64. The number of benzene rings is 1. The molecule has 0 fully saturated rings. The summed E-state index contributed by atoms with van der Waals surface area (Å²) in [6, 6.07) is 11.3. The second-order valence-corrected chi connectivity index (χ2v) is 7.95. The summed E-state index contributed by atoms with van der Waals surface area (Å²) in [5.41, 5.74) is 1.98. The normalized spacial score (nSPS) is 16.1.